The number of ether oxygens (including phenoxy) is 1. The van der Waals surface area contributed by atoms with Gasteiger partial charge in [0.25, 0.3) is 0 Å². The second kappa shape index (κ2) is 11.3. The standard InChI is InChI=1S/C29H21BrClN3O6S2/c1-40-20-12-14(2-11-19(20)35)22-23-24(27(38)34(26(23)37)18-9-3-15(30)4-10-18)41-28-25(22)42-29(39)33(28)13-21(36)32-17-7-5-16(31)6-8-17/h2-12,22-24,35H,13H2,1H3,(H,32,36). The van der Waals surface area contributed by atoms with E-state index in [1.807, 2.05) is 0 Å². The van der Waals surface area contributed by atoms with Crippen LogP contribution in [0.1, 0.15) is 16.4 Å². The summed E-state index contributed by atoms with van der Waals surface area (Å²) in [6.07, 6.45) is 0. The minimum Gasteiger partial charge on any atom is -0.504 e. The van der Waals surface area contributed by atoms with Crippen molar-refractivity contribution in [3.05, 3.63) is 96.3 Å². The third-order valence-electron chi connectivity index (χ3n) is 7.13. The van der Waals surface area contributed by atoms with Gasteiger partial charge in [0, 0.05) is 26.0 Å². The highest BCUT2D eigenvalue weighted by Gasteiger charge is 2.57. The number of hydrogen-bond acceptors (Lipinski definition) is 8. The Hall–Kier alpha value is -3.58. The van der Waals surface area contributed by atoms with Gasteiger partial charge in [-0.2, -0.15) is 0 Å². The van der Waals surface area contributed by atoms with E-state index in [-0.39, 0.29) is 22.9 Å². The maximum Gasteiger partial charge on any atom is 0.308 e. The third kappa shape index (κ3) is 5.02. The molecule has 1 aromatic heterocycles. The molecule has 2 aliphatic heterocycles. The number of benzene rings is 3. The molecule has 4 aromatic rings. The molecule has 9 nitrogen and oxygen atoms in total. The van der Waals surface area contributed by atoms with Crippen LogP contribution in [0.3, 0.4) is 0 Å². The van der Waals surface area contributed by atoms with Crippen LogP contribution >= 0.6 is 50.6 Å². The van der Waals surface area contributed by atoms with E-state index >= 15 is 0 Å². The molecule has 3 amide bonds. The average molecular weight is 687 g/mol. The lowest BCUT2D eigenvalue weighted by Gasteiger charge is -2.31. The number of thioether (sulfide) groups is 1. The van der Waals surface area contributed by atoms with Gasteiger partial charge in [-0.05, 0) is 66.2 Å². The summed E-state index contributed by atoms with van der Waals surface area (Å²) in [5, 5.41) is 13.1. The fourth-order valence-corrected chi connectivity index (χ4v) is 8.39. The second-order valence-corrected chi connectivity index (χ2v) is 13.1. The summed E-state index contributed by atoms with van der Waals surface area (Å²) >= 11 is 11.4. The zero-order chi connectivity index (χ0) is 29.7. The molecule has 0 spiro atoms. The number of imide groups is 1. The Labute approximate surface area is 261 Å². The molecule has 3 heterocycles. The minimum absolute atomic E-state index is 0.0850. The Morgan fingerprint density at radius 1 is 1.05 bits per heavy atom. The van der Waals surface area contributed by atoms with E-state index in [4.69, 9.17) is 16.3 Å². The molecular formula is C29H21BrClN3O6S2. The van der Waals surface area contributed by atoms with Gasteiger partial charge >= 0.3 is 4.87 Å². The van der Waals surface area contributed by atoms with Crippen LogP contribution in [0.2, 0.25) is 5.02 Å². The van der Waals surface area contributed by atoms with E-state index in [1.54, 1.807) is 60.7 Å². The number of phenolic OH excluding ortho intramolecular Hbond substituents is 1. The van der Waals surface area contributed by atoms with Crippen LogP contribution in [0.15, 0.2) is 81.0 Å². The largest absolute Gasteiger partial charge is 0.504 e. The molecular weight excluding hydrogens is 666 g/mol. The van der Waals surface area contributed by atoms with Crippen LogP contribution in [-0.4, -0.2) is 39.8 Å². The molecule has 3 aromatic carbocycles. The number of aromatic nitrogens is 1. The molecule has 6 rings (SSSR count). The number of fused-ring (bicyclic) bond motifs is 2. The third-order valence-corrected chi connectivity index (χ3v) is 10.5. The molecule has 1 fully saturated rings. The maximum atomic E-state index is 14.0. The summed E-state index contributed by atoms with van der Waals surface area (Å²) in [6.45, 7) is -0.290. The Bertz CT molecular complexity index is 1790. The van der Waals surface area contributed by atoms with Crippen molar-refractivity contribution in [3.8, 4) is 11.5 Å². The number of nitrogens with zero attached hydrogens (tertiary/aromatic N) is 2. The highest BCUT2D eigenvalue weighted by Crippen LogP contribution is 2.54. The normalized spacial score (nSPS) is 19.4. The van der Waals surface area contributed by atoms with Crippen molar-refractivity contribution < 1.29 is 24.2 Å². The van der Waals surface area contributed by atoms with Gasteiger partial charge in [-0.3, -0.25) is 23.7 Å². The average Bonchev–Trinajstić information content (AvgIpc) is 3.41. The van der Waals surface area contributed by atoms with E-state index in [0.717, 1.165) is 27.6 Å². The topological polar surface area (TPSA) is 118 Å². The van der Waals surface area contributed by atoms with Gasteiger partial charge in [0.2, 0.25) is 17.7 Å². The van der Waals surface area contributed by atoms with Crippen LogP contribution in [0, 0.1) is 5.92 Å². The molecule has 0 bridgehead atoms. The van der Waals surface area contributed by atoms with Gasteiger partial charge in [-0.15, -0.1) is 0 Å². The lowest BCUT2D eigenvalue weighted by Crippen LogP contribution is -2.33. The predicted octanol–water partition coefficient (Wildman–Crippen LogP) is 5.47. The van der Waals surface area contributed by atoms with Crippen molar-refractivity contribution in [3.63, 3.8) is 0 Å². The van der Waals surface area contributed by atoms with Crippen LogP contribution in [0.4, 0.5) is 11.4 Å². The number of anilines is 2. The second-order valence-electron chi connectivity index (χ2n) is 9.64. The number of rotatable bonds is 6. The van der Waals surface area contributed by atoms with Crippen LogP contribution < -0.4 is 19.8 Å². The van der Waals surface area contributed by atoms with E-state index in [2.05, 4.69) is 21.2 Å². The van der Waals surface area contributed by atoms with Crippen molar-refractivity contribution in [1.82, 2.24) is 4.57 Å². The summed E-state index contributed by atoms with van der Waals surface area (Å²) in [6, 6.07) is 18.2. The number of amides is 3. The monoisotopic (exact) mass is 685 g/mol. The predicted molar refractivity (Wildman–Crippen MR) is 165 cm³/mol. The number of phenols is 1. The lowest BCUT2D eigenvalue weighted by atomic mass is 9.83. The summed E-state index contributed by atoms with van der Waals surface area (Å²) in [5.41, 5.74) is 1.55. The zero-order valence-electron chi connectivity index (χ0n) is 21.7. The zero-order valence-corrected chi connectivity index (χ0v) is 25.7. The van der Waals surface area contributed by atoms with Gasteiger partial charge < -0.3 is 15.2 Å². The van der Waals surface area contributed by atoms with Crippen molar-refractivity contribution in [2.45, 2.75) is 22.7 Å². The molecule has 2 N–H and O–H groups in total. The van der Waals surface area contributed by atoms with E-state index in [9.17, 15) is 24.3 Å². The van der Waals surface area contributed by atoms with E-state index < -0.39 is 34.8 Å². The molecule has 13 heteroatoms. The minimum atomic E-state index is -0.849. The fourth-order valence-electron chi connectivity index (χ4n) is 5.22. The summed E-state index contributed by atoms with van der Waals surface area (Å²) < 4.78 is 7.47. The fraction of sp³-hybridized carbons (Fsp3) is 0.172. The number of carbonyl (C=O) groups excluding carboxylic acids is 3. The molecule has 3 unspecified atom stereocenters. The molecule has 2 aliphatic rings. The highest BCUT2D eigenvalue weighted by atomic mass is 79.9. The summed E-state index contributed by atoms with van der Waals surface area (Å²) in [5.74, 6) is -2.66. The van der Waals surface area contributed by atoms with Crippen LogP contribution in [-0.2, 0) is 20.9 Å². The molecule has 1 saturated heterocycles. The first-order valence-electron chi connectivity index (χ1n) is 12.6. The Balaban J connectivity index is 1.43. The quantitative estimate of drug-likeness (QED) is 0.258. The summed E-state index contributed by atoms with van der Waals surface area (Å²) in [7, 11) is 1.41. The Morgan fingerprint density at radius 3 is 2.45 bits per heavy atom. The number of nitrogens with one attached hydrogen (secondary N) is 1. The van der Waals surface area contributed by atoms with Crippen molar-refractivity contribution in [2.24, 2.45) is 5.92 Å². The first kappa shape index (κ1) is 28.5. The SMILES string of the molecule is COc1cc(C2c3sc(=O)n(CC(=O)Nc4ccc(Cl)cc4)c3SC3C(=O)N(c4ccc(Br)cc4)C(=O)C32)ccc1O. The number of hydrogen-bond donors (Lipinski definition) is 2. The van der Waals surface area contributed by atoms with Crippen LogP contribution in [0.25, 0.3) is 0 Å². The van der Waals surface area contributed by atoms with Crippen molar-refractivity contribution in [2.75, 3.05) is 17.3 Å². The number of carbonyl (C=O) groups is 3. The van der Waals surface area contributed by atoms with Crippen LogP contribution in [0.5, 0.6) is 11.5 Å². The Kier molecular flexibility index (Phi) is 7.64. The molecule has 42 heavy (non-hydrogen) atoms. The number of thiazole rings is 1. The first-order valence-corrected chi connectivity index (χ1v) is 15.5. The van der Waals surface area contributed by atoms with Gasteiger partial charge in [-0.1, -0.05) is 56.7 Å². The van der Waals surface area contributed by atoms with E-state index in [1.165, 1.54) is 22.6 Å². The van der Waals surface area contributed by atoms with Crippen molar-refractivity contribution in [1.29, 1.82) is 0 Å². The van der Waals surface area contributed by atoms with Gasteiger partial charge in [-0.25, -0.2) is 4.90 Å². The molecule has 0 saturated carbocycles. The molecule has 0 aliphatic carbocycles. The number of methoxy groups -OCH3 is 1. The Morgan fingerprint density at radius 2 is 1.76 bits per heavy atom. The van der Waals surface area contributed by atoms with Gasteiger partial charge in [0.15, 0.2) is 11.5 Å². The van der Waals surface area contributed by atoms with Gasteiger partial charge in [0.05, 0.1) is 23.7 Å². The highest BCUT2D eigenvalue weighted by molar-refractivity contribution is 9.10. The maximum absolute atomic E-state index is 14.0. The number of halogens is 2. The molecule has 0 radical (unpaired) electrons. The van der Waals surface area contributed by atoms with E-state index in [0.29, 0.717) is 31.9 Å². The number of aromatic hydroxyl groups is 1. The summed E-state index contributed by atoms with van der Waals surface area (Å²) in [4.78, 5) is 55.5. The lowest BCUT2D eigenvalue weighted by molar-refractivity contribution is -0.122. The van der Waals surface area contributed by atoms with Gasteiger partial charge in [0.1, 0.15) is 11.8 Å². The molecule has 214 valence electrons. The smallest absolute Gasteiger partial charge is 0.308 e. The molecule has 3 atom stereocenters. The first-order chi connectivity index (χ1) is 20.2. The van der Waals surface area contributed by atoms with Crippen molar-refractivity contribution >= 4 is 79.7 Å².